The highest BCUT2D eigenvalue weighted by molar-refractivity contribution is 4.65. The molecule has 0 saturated carbocycles. The van der Waals surface area contributed by atoms with E-state index in [2.05, 4.69) is 32.4 Å². The van der Waals surface area contributed by atoms with Gasteiger partial charge in [-0.25, -0.2) is 0 Å². The third-order valence-corrected chi connectivity index (χ3v) is 1.76. The standard InChI is InChI=1S/C10H20.C3H4/c1-3-5-7-9-10-8-6-4-2;1-3-2/h3H,1,4-10H2,2H3;1-2H2. The van der Waals surface area contributed by atoms with Crippen LogP contribution in [0.2, 0.25) is 0 Å². The first-order valence-electron chi connectivity index (χ1n) is 5.23. The summed E-state index contributed by atoms with van der Waals surface area (Å²) in [5.74, 6) is 0. The fourth-order valence-electron chi connectivity index (χ4n) is 1.07. The average Bonchev–Trinajstić information content (AvgIpc) is 2.13. The van der Waals surface area contributed by atoms with E-state index in [1.807, 2.05) is 6.08 Å². The highest BCUT2D eigenvalue weighted by atomic mass is 13.9. The van der Waals surface area contributed by atoms with Gasteiger partial charge in [0.2, 0.25) is 0 Å². The van der Waals surface area contributed by atoms with Gasteiger partial charge < -0.3 is 0 Å². The van der Waals surface area contributed by atoms with Crippen LogP contribution >= 0.6 is 0 Å². The third kappa shape index (κ3) is 24.6. The predicted octanol–water partition coefficient (Wildman–Crippen LogP) is 4.88. The molecule has 0 bridgehead atoms. The minimum atomic E-state index is 1.20. The number of rotatable bonds is 7. The van der Waals surface area contributed by atoms with E-state index in [0.717, 1.165) is 0 Å². The van der Waals surface area contributed by atoms with Crippen molar-refractivity contribution in [2.24, 2.45) is 0 Å². The Morgan fingerprint density at radius 1 is 1.00 bits per heavy atom. The molecule has 0 atom stereocenters. The zero-order chi connectivity index (χ0) is 10.4. The molecule has 0 aromatic heterocycles. The van der Waals surface area contributed by atoms with Crippen molar-refractivity contribution >= 4 is 0 Å². The van der Waals surface area contributed by atoms with Crippen LogP contribution in [0.5, 0.6) is 0 Å². The Labute approximate surface area is 84.1 Å². The SMILES string of the molecule is C=C=C.C=CCCCCCCCC. The van der Waals surface area contributed by atoms with Crippen LogP contribution < -0.4 is 0 Å². The predicted molar refractivity (Wildman–Crippen MR) is 63.0 cm³/mol. The van der Waals surface area contributed by atoms with E-state index in [-0.39, 0.29) is 0 Å². The molecule has 0 radical (unpaired) electrons. The van der Waals surface area contributed by atoms with E-state index in [0.29, 0.717) is 0 Å². The quantitative estimate of drug-likeness (QED) is 0.297. The van der Waals surface area contributed by atoms with E-state index in [9.17, 15) is 0 Å². The summed E-state index contributed by atoms with van der Waals surface area (Å²) in [6.07, 6.45) is 11.6. The lowest BCUT2D eigenvalue weighted by Crippen LogP contribution is -1.76. The molecule has 0 aliphatic carbocycles. The third-order valence-electron chi connectivity index (χ3n) is 1.76. The molecule has 0 unspecified atom stereocenters. The largest absolute Gasteiger partial charge is 0.137 e. The molecule has 0 heteroatoms. The fraction of sp³-hybridized carbons (Fsp3) is 0.615. The van der Waals surface area contributed by atoms with Gasteiger partial charge in [0.1, 0.15) is 0 Å². The second kappa shape index (κ2) is 17.4. The molecule has 0 saturated heterocycles. The summed E-state index contributed by atoms with van der Waals surface area (Å²) in [5, 5.41) is 0. The maximum absolute atomic E-state index is 3.69. The summed E-state index contributed by atoms with van der Waals surface area (Å²) in [4.78, 5) is 0. The molecule has 0 spiro atoms. The van der Waals surface area contributed by atoms with Gasteiger partial charge >= 0.3 is 0 Å². The van der Waals surface area contributed by atoms with Crippen LogP contribution in [0.25, 0.3) is 0 Å². The second-order valence-corrected chi connectivity index (χ2v) is 3.10. The van der Waals surface area contributed by atoms with E-state index in [4.69, 9.17) is 0 Å². The molecule has 0 fully saturated rings. The first kappa shape index (κ1) is 14.8. The van der Waals surface area contributed by atoms with Crippen molar-refractivity contribution in [2.75, 3.05) is 0 Å². The first-order valence-corrected chi connectivity index (χ1v) is 5.23. The first-order chi connectivity index (χ1) is 6.33. The number of hydrogen-bond donors (Lipinski definition) is 0. The van der Waals surface area contributed by atoms with E-state index >= 15 is 0 Å². The van der Waals surface area contributed by atoms with Crippen molar-refractivity contribution in [3.8, 4) is 0 Å². The Kier molecular flexibility index (Phi) is 19.7. The van der Waals surface area contributed by atoms with Crippen LogP contribution in [-0.2, 0) is 0 Å². The molecular weight excluding hydrogens is 156 g/mol. The summed E-state index contributed by atoms with van der Waals surface area (Å²) in [6, 6.07) is 0. The van der Waals surface area contributed by atoms with E-state index < -0.39 is 0 Å². The zero-order valence-corrected chi connectivity index (χ0v) is 9.15. The van der Waals surface area contributed by atoms with Gasteiger partial charge in [-0.15, -0.1) is 12.3 Å². The van der Waals surface area contributed by atoms with Gasteiger partial charge in [-0.2, -0.15) is 0 Å². The van der Waals surface area contributed by atoms with Crippen LogP contribution in [-0.4, -0.2) is 0 Å². The van der Waals surface area contributed by atoms with Crippen molar-refractivity contribution < 1.29 is 0 Å². The summed E-state index contributed by atoms with van der Waals surface area (Å²) in [7, 11) is 0. The summed E-state index contributed by atoms with van der Waals surface area (Å²) >= 11 is 0. The van der Waals surface area contributed by atoms with Gasteiger partial charge in [-0.3, -0.25) is 0 Å². The molecule has 0 heterocycles. The van der Waals surface area contributed by atoms with Gasteiger partial charge in [-0.05, 0) is 12.8 Å². The number of unbranched alkanes of at least 4 members (excludes halogenated alkanes) is 6. The molecule has 0 aromatic rings. The Bertz CT molecular complexity index is 116. The lowest BCUT2D eigenvalue weighted by atomic mass is 10.1. The van der Waals surface area contributed by atoms with Crippen LogP contribution in [0.15, 0.2) is 31.5 Å². The molecule has 0 nitrogen and oxygen atoms in total. The topological polar surface area (TPSA) is 0 Å². The molecule has 0 N–H and O–H groups in total. The van der Waals surface area contributed by atoms with Gasteiger partial charge in [0.25, 0.3) is 0 Å². The van der Waals surface area contributed by atoms with Crippen LogP contribution in [0, 0.1) is 0 Å². The second-order valence-electron chi connectivity index (χ2n) is 3.10. The monoisotopic (exact) mass is 180 g/mol. The maximum atomic E-state index is 3.69. The van der Waals surface area contributed by atoms with Gasteiger partial charge in [-0.1, -0.05) is 58.3 Å². The van der Waals surface area contributed by atoms with Gasteiger partial charge in [0, 0.05) is 0 Å². The molecule has 13 heavy (non-hydrogen) atoms. The zero-order valence-electron chi connectivity index (χ0n) is 9.15. The number of allylic oxidation sites excluding steroid dienone is 1. The lowest BCUT2D eigenvalue weighted by Gasteiger charge is -1.96. The summed E-state index contributed by atoms with van der Waals surface area (Å²) in [5.41, 5.74) is 2.25. The van der Waals surface area contributed by atoms with E-state index in [1.165, 1.54) is 44.9 Å². The molecule has 0 aliphatic heterocycles. The summed E-state index contributed by atoms with van der Waals surface area (Å²) < 4.78 is 0. The highest BCUT2D eigenvalue weighted by Crippen LogP contribution is 2.06. The molecule has 0 aromatic carbocycles. The summed E-state index contributed by atoms with van der Waals surface area (Å²) in [6.45, 7) is 12.2. The minimum absolute atomic E-state index is 1.20. The molecule has 0 amide bonds. The normalized spacial score (nSPS) is 8.08. The van der Waals surface area contributed by atoms with Gasteiger partial charge in [0.05, 0.1) is 0 Å². The van der Waals surface area contributed by atoms with Crippen molar-refractivity contribution in [3.05, 3.63) is 31.5 Å². The Hall–Kier alpha value is -0.740. The van der Waals surface area contributed by atoms with Crippen LogP contribution in [0.1, 0.15) is 51.9 Å². The Balaban J connectivity index is 0. The molecule has 0 rings (SSSR count). The number of hydrogen-bond acceptors (Lipinski definition) is 0. The Morgan fingerprint density at radius 3 is 1.92 bits per heavy atom. The van der Waals surface area contributed by atoms with Crippen molar-refractivity contribution in [1.82, 2.24) is 0 Å². The highest BCUT2D eigenvalue weighted by Gasteiger charge is 1.86. The smallest absolute Gasteiger partial charge is 0.0353 e. The van der Waals surface area contributed by atoms with Crippen molar-refractivity contribution in [2.45, 2.75) is 51.9 Å². The lowest BCUT2D eigenvalue weighted by molar-refractivity contribution is 0.611. The average molecular weight is 180 g/mol. The minimum Gasteiger partial charge on any atom is -0.137 e. The van der Waals surface area contributed by atoms with Crippen molar-refractivity contribution in [3.63, 3.8) is 0 Å². The van der Waals surface area contributed by atoms with E-state index in [1.54, 1.807) is 0 Å². The van der Waals surface area contributed by atoms with Gasteiger partial charge in [0.15, 0.2) is 0 Å². The van der Waals surface area contributed by atoms with Crippen LogP contribution in [0.3, 0.4) is 0 Å². The molecule has 0 aliphatic rings. The van der Waals surface area contributed by atoms with Crippen LogP contribution in [0.4, 0.5) is 0 Å². The molecule has 76 valence electrons. The maximum Gasteiger partial charge on any atom is -0.0353 e. The Morgan fingerprint density at radius 2 is 1.46 bits per heavy atom. The molecular formula is C13H24. The fourth-order valence-corrected chi connectivity index (χ4v) is 1.07. The van der Waals surface area contributed by atoms with Crippen molar-refractivity contribution in [1.29, 1.82) is 0 Å².